The van der Waals surface area contributed by atoms with Crippen molar-refractivity contribution in [3.05, 3.63) is 65.4 Å². The van der Waals surface area contributed by atoms with Gasteiger partial charge in [-0.05, 0) is 62.3 Å². The maximum Gasteiger partial charge on any atom is 0.417 e. The average Bonchev–Trinajstić information content (AvgIpc) is 3.32. The molecule has 33 heavy (non-hydrogen) atoms. The summed E-state index contributed by atoms with van der Waals surface area (Å²) in [5, 5.41) is 8.25. The molecule has 1 aliphatic rings. The first-order chi connectivity index (χ1) is 15.7. The zero-order chi connectivity index (χ0) is 23.6. The number of amides is 1. The van der Waals surface area contributed by atoms with Gasteiger partial charge in [0.2, 0.25) is 0 Å². The van der Waals surface area contributed by atoms with Crippen molar-refractivity contribution in [1.29, 1.82) is 0 Å². The first-order valence-corrected chi connectivity index (χ1v) is 10.9. The standard InChI is InChI=1S/C23H25F3N6O/c1-15-12-19(21(28-13-15)32-29-9-10-30-32)22(33)31-11-3-4-16(2)20(31)8-7-18-6-5-17(14-27-18)23(24,25)26/h5-6,9-10,12-14,16,20H,3-4,7-8,11H2,1-2H3/t16-,20-/m1/s1. The predicted molar refractivity (Wildman–Crippen MR) is 115 cm³/mol. The lowest BCUT2D eigenvalue weighted by Gasteiger charge is -2.40. The summed E-state index contributed by atoms with van der Waals surface area (Å²) < 4.78 is 38.4. The van der Waals surface area contributed by atoms with Crippen molar-refractivity contribution in [2.75, 3.05) is 6.54 Å². The molecule has 0 spiro atoms. The van der Waals surface area contributed by atoms with Crippen molar-refractivity contribution in [2.45, 2.75) is 51.7 Å². The molecular weight excluding hydrogens is 433 g/mol. The molecule has 2 atom stereocenters. The molecular formula is C23H25F3N6O. The van der Waals surface area contributed by atoms with Crippen LogP contribution in [0.4, 0.5) is 13.2 Å². The predicted octanol–water partition coefficient (Wildman–Crippen LogP) is 4.26. The Morgan fingerprint density at radius 3 is 2.58 bits per heavy atom. The lowest BCUT2D eigenvalue weighted by molar-refractivity contribution is -0.137. The largest absolute Gasteiger partial charge is 0.417 e. The van der Waals surface area contributed by atoms with Gasteiger partial charge in [0.15, 0.2) is 5.82 Å². The zero-order valence-corrected chi connectivity index (χ0v) is 18.5. The highest BCUT2D eigenvalue weighted by Gasteiger charge is 2.34. The second-order valence-electron chi connectivity index (χ2n) is 8.46. The summed E-state index contributed by atoms with van der Waals surface area (Å²) >= 11 is 0. The van der Waals surface area contributed by atoms with Crippen LogP contribution >= 0.6 is 0 Å². The van der Waals surface area contributed by atoms with Gasteiger partial charge in [-0.1, -0.05) is 6.92 Å². The molecule has 3 aromatic rings. The Labute approximate surface area is 189 Å². The summed E-state index contributed by atoms with van der Waals surface area (Å²) in [6.07, 6.45) is 4.14. The van der Waals surface area contributed by atoms with Crippen molar-refractivity contribution in [3.8, 4) is 5.82 Å². The highest BCUT2D eigenvalue weighted by Crippen LogP contribution is 2.31. The number of aryl methyl sites for hydroxylation is 2. The van der Waals surface area contributed by atoms with Crippen LogP contribution in [0.3, 0.4) is 0 Å². The van der Waals surface area contributed by atoms with E-state index in [-0.39, 0.29) is 17.9 Å². The minimum absolute atomic E-state index is 0.0608. The summed E-state index contributed by atoms with van der Waals surface area (Å²) in [5.74, 6) is 0.480. The van der Waals surface area contributed by atoms with Crippen molar-refractivity contribution < 1.29 is 18.0 Å². The quantitative estimate of drug-likeness (QED) is 0.571. The molecule has 0 saturated carbocycles. The molecule has 0 aromatic carbocycles. The van der Waals surface area contributed by atoms with E-state index < -0.39 is 11.7 Å². The summed E-state index contributed by atoms with van der Waals surface area (Å²) in [5.41, 5.74) is 1.09. The monoisotopic (exact) mass is 458 g/mol. The van der Waals surface area contributed by atoms with Gasteiger partial charge in [0.05, 0.1) is 23.5 Å². The van der Waals surface area contributed by atoms with Crippen LogP contribution in [0.15, 0.2) is 43.0 Å². The van der Waals surface area contributed by atoms with Crippen molar-refractivity contribution in [2.24, 2.45) is 5.92 Å². The van der Waals surface area contributed by atoms with Crippen molar-refractivity contribution in [1.82, 2.24) is 29.9 Å². The molecule has 0 unspecified atom stereocenters. The summed E-state index contributed by atoms with van der Waals surface area (Å²) in [7, 11) is 0. The van der Waals surface area contributed by atoms with Crippen molar-refractivity contribution >= 4 is 5.91 Å². The van der Waals surface area contributed by atoms with Gasteiger partial charge < -0.3 is 4.90 Å². The number of hydrogen-bond donors (Lipinski definition) is 0. The average molecular weight is 458 g/mol. The van der Waals surface area contributed by atoms with E-state index in [2.05, 4.69) is 27.1 Å². The molecule has 1 saturated heterocycles. The zero-order valence-electron chi connectivity index (χ0n) is 18.5. The van der Waals surface area contributed by atoms with E-state index in [1.165, 1.54) is 23.3 Å². The van der Waals surface area contributed by atoms with E-state index in [1.807, 2.05) is 11.8 Å². The van der Waals surface area contributed by atoms with Crippen molar-refractivity contribution in [3.63, 3.8) is 0 Å². The van der Waals surface area contributed by atoms with Crippen LogP contribution in [0, 0.1) is 12.8 Å². The molecule has 1 fully saturated rings. The Bertz CT molecular complexity index is 1100. The molecule has 174 valence electrons. The summed E-state index contributed by atoms with van der Waals surface area (Å²) in [6.45, 7) is 4.58. The third-order valence-electron chi connectivity index (χ3n) is 6.07. The molecule has 1 aliphatic heterocycles. The smallest absolute Gasteiger partial charge is 0.335 e. The van der Waals surface area contributed by atoms with Gasteiger partial charge in [0, 0.05) is 30.7 Å². The van der Waals surface area contributed by atoms with Gasteiger partial charge in [0.25, 0.3) is 5.91 Å². The van der Waals surface area contributed by atoms with Crippen LogP contribution in [0.1, 0.15) is 53.4 Å². The molecule has 0 bridgehead atoms. The van der Waals surface area contributed by atoms with Gasteiger partial charge in [-0.25, -0.2) is 4.98 Å². The Balaban J connectivity index is 1.55. The normalized spacial score (nSPS) is 19.0. The fraction of sp³-hybridized carbons (Fsp3) is 0.435. The fourth-order valence-corrected chi connectivity index (χ4v) is 4.34. The number of pyridine rings is 2. The van der Waals surface area contributed by atoms with Gasteiger partial charge in [-0.2, -0.15) is 23.4 Å². The SMILES string of the molecule is Cc1cnc(-n2nccn2)c(C(=O)N2CCC[C@@H](C)[C@H]2CCc2ccc(C(F)(F)F)cn2)c1. The Kier molecular flexibility index (Phi) is 6.44. The van der Waals surface area contributed by atoms with E-state index >= 15 is 0 Å². The Morgan fingerprint density at radius 2 is 1.91 bits per heavy atom. The van der Waals surface area contributed by atoms with E-state index in [4.69, 9.17) is 0 Å². The number of carbonyl (C=O) groups excluding carboxylic acids is 1. The van der Waals surface area contributed by atoms with Crippen LogP contribution in [0.5, 0.6) is 0 Å². The highest BCUT2D eigenvalue weighted by molar-refractivity contribution is 5.97. The number of likely N-dealkylation sites (tertiary alicyclic amines) is 1. The second-order valence-corrected chi connectivity index (χ2v) is 8.46. The van der Waals surface area contributed by atoms with Gasteiger partial charge >= 0.3 is 6.18 Å². The number of rotatable bonds is 5. The number of nitrogens with zero attached hydrogens (tertiary/aromatic N) is 6. The molecule has 0 N–H and O–H groups in total. The highest BCUT2D eigenvalue weighted by atomic mass is 19.4. The topological polar surface area (TPSA) is 76.8 Å². The first-order valence-electron chi connectivity index (χ1n) is 10.9. The summed E-state index contributed by atoms with van der Waals surface area (Å²) in [4.78, 5) is 25.2. The molecule has 3 aromatic heterocycles. The van der Waals surface area contributed by atoms with E-state index in [1.54, 1.807) is 12.3 Å². The van der Waals surface area contributed by atoms with E-state index in [0.29, 0.717) is 36.5 Å². The molecule has 0 radical (unpaired) electrons. The molecule has 10 heteroatoms. The third-order valence-corrected chi connectivity index (χ3v) is 6.07. The second kappa shape index (κ2) is 9.29. The van der Waals surface area contributed by atoms with E-state index in [0.717, 1.165) is 30.7 Å². The van der Waals surface area contributed by atoms with Crippen LogP contribution in [0.25, 0.3) is 5.82 Å². The third kappa shape index (κ3) is 5.04. The van der Waals surface area contributed by atoms with E-state index in [9.17, 15) is 18.0 Å². The molecule has 0 aliphatic carbocycles. The minimum atomic E-state index is -4.41. The number of aromatic nitrogens is 5. The van der Waals surface area contributed by atoms with Crippen LogP contribution in [-0.2, 0) is 12.6 Å². The first kappa shape index (κ1) is 22.9. The molecule has 1 amide bonds. The number of alkyl halides is 3. The van der Waals surface area contributed by atoms with Crippen LogP contribution in [-0.4, -0.2) is 48.4 Å². The summed E-state index contributed by atoms with van der Waals surface area (Å²) in [6, 6.07) is 4.20. The molecule has 4 rings (SSSR count). The number of halogens is 3. The van der Waals surface area contributed by atoms with Gasteiger partial charge in [-0.3, -0.25) is 9.78 Å². The lowest BCUT2D eigenvalue weighted by atomic mass is 9.87. The maximum atomic E-state index is 13.7. The molecule has 7 nitrogen and oxygen atoms in total. The Hall–Kier alpha value is -3.30. The Morgan fingerprint density at radius 1 is 1.15 bits per heavy atom. The fourth-order valence-electron chi connectivity index (χ4n) is 4.34. The number of hydrogen-bond acceptors (Lipinski definition) is 5. The van der Waals surface area contributed by atoms with Crippen LogP contribution in [0.2, 0.25) is 0 Å². The minimum Gasteiger partial charge on any atom is -0.335 e. The maximum absolute atomic E-state index is 13.7. The van der Waals surface area contributed by atoms with Gasteiger partial charge in [0.1, 0.15) is 0 Å². The number of piperidine rings is 1. The van der Waals surface area contributed by atoms with Gasteiger partial charge in [-0.15, -0.1) is 4.80 Å². The number of carbonyl (C=O) groups is 1. The lowest BCUT2D eigenvalue weighted by Crippen LogP contribution is -2.48. The molecule has 4 heterocycles. The van der Waals surface area contributed by atoms with Crippen LogP contribution < -0.4 is 0 Å².